The summed E-state index contributed by atoms with van der Waals surface area (Å²) in [5.41, 5.74) is 1.54. The summed E-state index contributed by atoms with van der Waals surface area (Å²) in [5.74, 6) is 0.981. The van der Waals surface area contributed by atoms with Crippen LogP contribution in [0.4, 0.5) is 4.39 Å². The van der Waals surface area contributed by atoms with Crippen LogP contribution in [0.2, 0.25) is 0 Å². The first-order valence-electron chi connectivity index (χ1n) is 8.89. The van der Waals surface area contributed by atoms with Crippen molar-refractivity contribution in [2.24, 2.45) is 0 Å². The van der Waals surface area contributed by atoms with Crippen LogP contribution in [-0.4, -0.2) is 50.1 Å². The minimum Gasteiger partial charge on any atom is -0.493 e. The lowest BCUT2D eigenvalue weighted by molar-refractivity contribution is -0.131. The van der Waals surface area contributed by atoms with Crippen molar-refractivity contribution in [2.75, 3.05) is 34.4 Å². The van der Waals surface area contributed by atoms with E-state index in [2.05, 4.69) is 0 Å². The summed E-state index contributed by atoms with van der Waals surface area (Å²) in [5, 5.41) is 0. The van der Waals surface area contributed by atoms with Crippen molar-refractivity contribution in [1.29, 1.82) is 0 Å². The highest BCUT2D eigenvalue weighted by molar-refractivity contribution is 5.78. The molecule has 0 aliphatic rings. The number of hydrogen-bond acceptors (Lipinski definition) is 4. The summed E-state index contributed by atoms with van der Waals surface area (Å²) in [7, 11) is 4.89. The first kappa shape index (κ1) is 20.7. The van der Waals surface area contributed by atoms with E-state index in [1.54, 1.807) is 44.4 Å². The zero-order chi connectivity index (χ0) is 19.8. The number of ether oxygens (including phenoxy) is 2. The fourth-order valence-electron chi connectivity index (χ4n) is 2.80. The average Bonchev–Trinajstić information content (AvgIpc) is 2.68. The molecule has 0 radical (unpaired) electrons. The second kappa shape index (κ2) is 9.92. The fraction of sp³-hybridized carbons (Fsp3) is 0.381. The molecule has 2 aromatic carbocycles. The van der Waals surface area contributed by atoms with Gasteiger partial charge in [-0.25, -0.2) is 4.39 Å². The molecule has 0 saturated carbocycles. The topological polar surface area (TPSA) is 42.0 Å². The third-order valence-corrected chi connectivity index (χ3v) is 4.45. The molecule has 0 atom stereocenters. The molecule has 2 rings (SSSR count). The van der Waals surface area contributed by atoms with E-state index in [0.717, 1.165) is 5.56 Å². The van der Waals surface area contributed by atoms with Crippen molar-refractivity contribution >= 4 is 5.91 Å². The molecule has 146 valence electrons. The molecule has 27 heavy (non-hydrogen) atoms. The third kappa shape index (κ3) is 5.69. The second-order valence-corrected chi connectivity index (χ2v) is 6.33. The van der Waals surface area contributed by atoms with Crippen LogP contribution in [0.1, 0.15) is 18.1 Å². The van der Waals surface area contributed by atoms with Crippen LogP contribution in [-0.2, 0) is 17.9 Å². The predicted octanol–water partition coefficient (Wildman–Crippen LogP) is 3.32. The summed E-state index contributed by atoms with van der Waals surface area (Å²) in [4.78, 5) is 16.1. The Kier molecular flexibility index (Phi) is 7.61. The van der Waals surface area contributed by atoms with E-state index in [1.807, 2.05) is 30.0 Å². The van der Waals surface area contributed by atoms with Gasteiger partial charge in [-0.05, 0) is 30.3 Å². The van der Waals surface area contributed by atoms with E-state index in [4.69, 9.17) is 9.47 Å². The first-order valence-corrected chi connectivity index (χ1v) is 8.89. The van der Waals surface area contributed by atoms with Gasteiger partial charge < -0.3 is 14.4 Å². The zero-order valence-electron chi connectivity index (χ0n) is 16.4. The van der Waals surface area contributed by atoms with Gasteiger partial charge in [0.15, 0.2) is 11.5 Å². The minimum absolute atomic E-state index is 0.0550. The molecule has 0 heterocycles. The van der Waals surface area contributed by atoms with Gasteiger partial charge in [-0.15, -0.1) is 0 Å². The third-order valence-electron chi connectivity index (χ3n) is 4.45. The van der Waals surface area contributed by atoms with Gasteiger partial charge in [-0.2, -0.15) is 0 Å². The summed E-state index contributed by atoms with van der Waals surface area (Å²) < 4.78 is 24.4. The van der Waals surface area contributed by atoms with E-state index < -0.39 is 0 Å². The molecule has 0 N–H and O–H groups in total. The quantitative estimate of drug-likeness (QED) is 0.675. The molecule has 0 bridgehead atoms. The normalized spacial score (nSPS) is 10.7. The Balaban J connectivity index is 1.99. The maximum Gasteiger partial charge on any atom is 0.236 e. The van der Waals surface area contributed by atoms with Crippen molar-refractivity contribution < 1.29 is 18.7 Å². The molecule has 0 saturated heterocycles. The number of amides is 1. The molecule has 0 aliphatic carbocycles. The van der Waals surface area contributed by atoms with Crippen LogP contribution in [0.25, 0.3) is 0 Å². The Labute approximate surface area is 160 Å². The van der Waals surface area contributed by atoms with Gasteiger partial charge in [0.2, 0.25) is 5.91 Å². The molecular weight excluding hydrogens is 347 g/mol. The smallest absolute Gasteiger partial charge is 0.236 e. The van der Waals surface area contributed by atoms with Crippen molar-refractivity contribution in [3.05, 3.63) is 59.4 Å². The monoisotopic (exact) mass is 374 g/mol. The number of rotatable bonds is 9. The van der Waals surface area contributed by atoms with Crippen molar-refractivity contribution in [2.45, 2.75) is 20.0 Å². The number of nitrogens with zero attached hydrogens (tertiary/aromatic N) is 2. The lowest BCUT2D eigenvalue weighted by atomic mass is 10.2. The van der Waals surface area contributed by atoms with Gasteiger partial charge in [0.1, 0.15) is 5.82 Å². The first-order chi connectivity index (χ1) is 13.0. The maximum atomic E-state index is 13.8. The Morgan fingerprint density at radius 2 is 1.74 bits per heavy atom. The van der Waals surface area contributed by atoms with E-state index in [9.17, 15) is 9.18 Å². The number of benzene rings is 2. The Bertz CT molecular complexity index is 767. The Hall–Kier alpha value is -2.60. The van der Waals surface area contributed by atoms with Crippen molar-refractivity contribution in [3.8, 4) is 11.5 Å². The standard InChI is InChI=1S/C21H27FN2O3/c1-5-24(13-16-10-11-19(26-3)20(12-16)27-4)15-21(25)23(2)14-17-8-6-7-9-18(17)22/h6-12H,5,13-15H2,1-4H3. The number of methoxy groups -OCH3 is 2. The number of carbonyl (C=O) groups is 1. The molecule has 6 heteroatoms. The maximum absolute atomic E-state index is 13.8. The molecular formula is C21H27FN2O3. The molecule has 0 unspecified atom stereocenters. The molecule has 2 aromatic rings. The van der Waals surface area contributed by atoms with Crippen LogP contribution in [0.5, 0.6) is 11.5 Å². The van der Waals surface area contributed by atoms with E-state index in [1.165, 1.54) is 6.07 Å². The van der Waals surface area contributed by atoms with Gasteiger partial charge in [0.05, 0.1) is 20.8 Å². The SMILES string of the molecule is CCN(CC(=O)N(C)Cc1ccccc1F)Cc1ccc(OC)c(OC)c1. The van der Waals surface area contributed by atoms with Gasteiger partial charge in [0, 0.05) is 25.7 Å². The van der Waals surface area contributed by atoms with E-state index >= 15 is 0 Å². The number of likely N-dealkylation sites (N-methyl/N-ethyl adjacent to an activating group) is 2. The highest BCUT2D eigenvalue weighted by Crippen LogP contribution is 2.28. The Morgan fingerprint density at radius 3 is 2.37 bits per heavy atom. The highest BCUT2D eigenvalue weighted by atomic mass is 19.1. The van der Waals surface area contributed by atoms with Crippen LogP contribution < -0.4 is 9.47 Å². The Morgan fingerprint density at radius 1 is 1.04 bits per heavy atom. The summed E-state index contributed by atoms with van der Waals surface area (Å²) in [6.45, 7) is 3.84. The van der Waals surface area contributed by atoms with Crippen LogP contribution in [0, 0.1) is 5.82 Å². The lowest BCUT2D eigenvalue weighted by Crippen LogP contribution is -2.37. The zero-order valence-corrected chi connectivity index (χ0v) is 16.4. The van der Waals surface area contributed by atoms with Gasteiger partial charge in [0.25, 0.3) is 0 Å². The van der Waals surface area contributed by atoms with E-state index in [-0.39, 0.29) is 24.8 Å². The fourth-order valence-corrected chi connectivity index (χ4v) is 2.80. The lowest BCUT2D eigenvalue weighted by Gasteiger charge is -2.24. The number of hydrogen-bond donors (Lipinski definition) is 0. The molecule has 5 nitrogen and oxygen atoms in total. The molecule has 0 fully saturated rings. The van der Waals surface area contributed by atoms with Crippen molar-refractivity contribution in [1.82, 2.24) is 9.80 Å². The highest BCUT2D eigenvalue weighted by Gasteiger charge is 2.16. The number of halogens is 1. The van der Waals surface area contributed by atoms with Crippen molar-refractivity contribution in [3.63, 3.8) is 0 Å². The minimum atomic E-state index is -0.296. The van der Waals surface area contributed by atoms with Crippen LogP contribution >= 0.6 is 0 Å². The second-order valence-electron chi connectivity index (χ2n) is 6.33. The van der Waals surface area contributed by atoms with E-state index in [0.29, 0.717) is 30.2 Å². The molecule has 1 amide bonds. The van der Waals surface area contributed by atoms with Crippen LogP contribution in [0.15, 0.2) is 42.5 Å². The molecule has 0 aliphatic heterocycles. The summed E-state index contributed by atoms with van der Waals surface area (Å²) >= 11 is 0. The van der Waals surface area contributed by atoms with Gasteiger partial charge in [-0.1, -0.05) is 31.2 Å². The van der Waals surface area contributed by atoms with Gasteiger partial charge >= 0.3 is 0 Å². The summed E-state index contributed by atoms with van der Waals surface area (Å²) in [6, 6.07) is 12.2. The molecule has 0 aromatic heterocycles. The largest absolute Gasteiger partial charge is 0.493 e. The average molecular weight is 374 g/mol. The number of carbonyl (C=O) groups excluding carboxylic acids is 1. The van der Waals surface area contributed by atoms with Gasteiger partial charge in [-0.3, -0.25) is 9.69 Å². The predicted molar refractivity (Wildman–Crippen MR) is 103 cm³/mol. The molecule has 0 spiro atoms. The summed E-state index contributed by atoms with van der Waals surface area (Å²) in [6.07, 6.45) is 0. The van der Waals surface area contributed by atoms with Crippen LogP contribution in [0.3, 0.4) is 0 Å².